The molecule has 0 fully saturated rings. The van der Waals surface area contributed by atoms with Crippen molar-refractivity contribution in [2.45, 2.75) is 148 Å². The van der Waals surface area contributed by atoms with Crippen LogP contribution in [0.25, 0.3) is 0 Å². The van der Waals surface area contributed by atoms with Crippen LogP contribution in [0.1, 0.15) is 129 Å². The zero-order valence-corrected chi connectivity index (χ0v) is 23.6. The van der Waals surface area contributed by atoms with Gasteiger partial charge in [-0.3, -0.25) is 4.79 Å². The van der Waals surface area contributed by atoms with E-state index in [-0.39, 0.29) is 12.5 Å². The van der Waals surface area contributed by atoms with Gasteiger partial charge in [-0.2, -0.15) is 0 Å². The quantitative estimate of drug-likeness (QED) is 0.0830. The average Bonchev–Trinajstić information content (AvgIpc) is 3.69. The molecule has 1 aromatic heterocycles. The Bertz CT molecular complexity index is 750. The summed E-state index contributed by atoms with van der Waals surface area (Å²) in [6.07, 6.45) is 25.9. The minimum Gasteiger partial charge on any atom is -0.394 e. The molecule has 2 atom stereocenters. The number of amides is 1. The number of aryl methyl sites for hydroxylation is 1. The Morgan fingerprint density at radius 2 is 1.41 bits per heavy atom. The molecule has 37 heavy (non-hydrogen) atoms. The first-order valence-electron chi connectivity index (χ1n) is 15.4. The van der Waals surface area contributed by atoms with Crippen LogP contribution in [-0.2, 0) is 11.3 Å². The van der Waals surface area contributed by atoms with Gasteiger partial charge >= 0.3 is 0 Å². The van der Waals surface area contributed by atoms with Crippen molar-refractivity contribution in [1.82, 2.24) is 5.32 Å². The van der Waals surface area contributed by atoms with Crippen LogP contribution in [-0.4, -0.2) is 34.9 Å². The van der Waals surface area contributed by atoms with Crippen LogP contribution in [0.3, 0.4) is 0 Å². The van der Waals surface area contributed by atoms with Gasteiger partial charge in [0.15, 0.2) is 12.4 Å². The molecule has 0 saturated heterocycles. The molecule has 1 amide bonds. The van der Waals surface area contributed by atoms with Crippen molar-refractivity contribution in [1.29, 1.82) is 0 Å². The first-order valence-corrected chi connectivity index (χ1v) is 15.4. The minimum atomic E-state index is -0.743. The van der Waals surface area contributed by atoms with Crippen LogP contribution in [0.2, 0.25) is 0 Å². The highest BCUT2D eigenvalue weighted by molar-refractivity contribution is 5.76. The van der Waals surface area contributed by atoms with Crippen molar-refractivity contribution >= 4 is 5.91 Å². The molecule has 0 unspecified atom stereocenters. The number of rotatable bonds is 24. The monoisotopic (exact) mass is 515 g/mol. The molecule has 0 aromatic carbocycles. The van der Waals surface area contributed by atoms with E-state index in [9.17, 15) is 15.0 Å². The number of carbonyl (C=O) groups is 1. The Balaban J connectivity index is 1.47. The van der Waals surface area contributed by atoms with Crippen molar-refractivity contribution in [3.8, 4) is 0 Å². The van der Waals surface area contributed by atoms with Crippen LogP contribution in [0, 0.1) is 0 Å². The lowest BCUT2D eigenvalue weighted by molar-refractivity contribution is -0.697. The second-order valence-corrected chi connectivity index (χ2v) is 11.0. The Kier molecular flexibility index (Phi) is 17.3. The molecule has 1 heterocycles. The van der Waals surface area contributed by atoms with Crippen molar-refractivity contribution in [2.75, 3.05) is 6.61 Å². The summed E-state index contributed by atoms with van der Waals surface area (Å²) in [6.45, 7) is 3.08. The van der Waals surface area contributed by atoms with Crippen molar-refractivity contribution in [3.63, 3.8) is 0 Å². The lowest BCUT2D eigenvalue weighted by Gasteiger charge is -2.20. The fraction of sp³-hybridized carbons (Fsp3) is 0.750. The molecule has 0 radical (unpaired) electrons. The Hall–Kier alpha value is -1.72. The maximum atomic E-state index is 12.3. The van der Waals surface area contributed by atoms with Crippen molar-refractivity contribution < 1.29 is 19.6 Å². The first-order chi connectivity index (χ1) is 18.2. The summed E-state index contributed by atoms with van der Waals surface area (Å²) in [4.78, 5) is 12.3. The summed E-state index contributed by atoms with van der Waals surface area (Å²) in [6, 6.07) is 5.55. The van der Waals surface area contributed by atoms with Crippen molar-refractivity contribution in [2.24, 2.45) is 0 Å². The molecule has 3 N–H and O–H groups in total. The van der Waals surface area contributed by atoms with E-state index in [4.69, 9.17) is 0 Å². The average molecular weight is 516 g/mol. The molecule has 5 heteroatoms. The summed E-state index contributed by atoms with van der Waals surface area (Å²) in [5, 5.41) is 23.3. The smallest absolute Gasteiger partial charge is 0.220 e. The standard InChI is InChI=1S/C32H54N2O3/c1-2-3-4-5-6-7-8-9-10-12-16-21-28-26-29(28)32(37)30(27-35)33-31(36)22-17-13-11-14-18-23-34-24-19-15-20-25-34/h15,19-20,24-25,30,32,35,37H,2-14,16-18,21-23,26-27H2,1H3/p+1/t30-,32+/m0/s1. The Labute approximate surface area is 226 Å². The SMILES string of the molecule is CCCCCCCCCCCCCC1=C([C@@H](O)[C@H](CO)NC(=O)CCCCCCC[n+]2ccccc2)C1. The summed E-state index contributed by atoms with van der Waals surface area (Å²) in [5.74, 6) is -0.0638. The van der Waals surface area contributed by atoms with Crippen LogP contribution >= 0.6 is 0 Å². The van der Waals surface area contributed by atoms with E-state index in [1.807, 2.05) is 6.07 Å². The van der Waals surface area contributed by atoms with E-state index in [1.165, 1.54) is 76.2 Å². The van der Waals surface area contributed by atoms with Gasteiger partial charge in [0.05, 0.1) is 18.8 Å². The number of nitrogens with zero attached hydrogens (tertiary/aromatic N) is 1. The number of hydrogen-bond donors (Lipinski definition) is 3. The summed E-state index contributed by atoms with van der Waals surface area (Å²) in [5.41, 5.74) is 2.38. The van der Waals surface area contributed by atoms with E-state index in [1.54, 1.807) is 0 Å². The predicted octanol–water partition coefficient (Wildman–Crippen LogP) is 6.55. The maximum absolute atomic E-state index is 12.3. The largest absolute Gasteiger partial charge is 0.394 e. The lowest BCUT2D eigenvalue weighted by Crippen LogP contribution is -2.45. The number of aromatic nitrogens is 1. The van der Waals surface area contributed by atoms with Crippen LogP contribution in [0.15, 0.2) is 41.7 Å². The molecule has 1 aliphatic rings. The van der Waals surface area contributed by atoms with Gasteiger partial charge in [0, 0.05) is 25.0 Å². The molecule has 210 valence electrons. The molecular formula is C32H55N2O3+. The van der Waals surface area contributed by atoms with E-state index >= 15 is 0 Å². The van der Waals surface area contributed by atoms with Gasteiger partial charge in [-0.05, 0) is 37.7 Å². The number of hydrogen-bond acceptors (Lipinski definition) is 3. The minimum absolute atomic E-state index is 0.0638. The fourth-order valence-electron chi connectivity index (χ4n) is 5.19. The number of carbonyl (C=O) groups excluding carboxylic acids is 1. The number of allylic oxidation sites excluding steroid dienone is 1. The number of nitrogens with one attached hydrogen (secondary N) is 1. The van der Waals surface area contributed by atoms with Gasteiger partial charge in [-0.1, -0.05) is 95.6 Å². The zero-order valence-electron chi connectivity index (χ0n) is 23.6. The number of pyridine rings is 1. The molecule has 1 aliphatic carbocycles. The van der Waals surface area contributed by atoms with Gasteiger partial charge < -0.3 is 15.5 Å². The van der Waals surface area contributed by atoms with Gasteiger partial charge in [0.25, 0.3) is 0 Å². The van der Waals surface area contributed by atoms with E-state index < -0.39 is 12.1 Å². The number of aliphatic hydroxyl groups is 2. The summed E-state index contributed by atoms with van der Waals surface area (Å²) >= 11 is 0. The Morgan fingerprint density at radius 3 is 2.03 bits per heavy atom. The zero-order chi connectivity index (χ0) is 26.6. The van der Waals surface area contributed by atoms with Gasteiger partial charge in [0.1, 0.15) is 6.54 Å². The predicted molar refractivity (Wildman–Crippen MR) is 152 cm³/mol. The van der Waals surface area contributed by atoms with E-state index in [2.05, 4.69) is 41.3 Å². The molecular weight excluding hydrogens is 460 g/mol. The number of unbranched alkanes of at least 4 members (excludes halogenated alkanes) is 14. The van der Waals surface area contributed by atoms with Gasteiger partial charge in [-0.25, -0.2) is 4.57 Å². The van der Waals surface area contributed by atoms with Crippen LogP contribution in [0.5, 0.6) is 0 Å². The summed E-state index contributed by atoms with van der Waals surface area (Å²) in [7, 11) is 0. The number of aliphatic hydroxyl groups excluding tert-OH is 2. The van der Waals surface area contributed by atoms with E-state index in [0.717, 1.165) is 57.1 Å². The normalized spacial score (nSPS) is 14.6. The highest BCUT2D eigenvalue weighted by Crippen LogP contribution is 2.38. The molecule has 5 nitrogen and oxygen atoms in total. The van der Waals surface area contributed by atoms with Gasteiger partial charge in [0.2, 0.25) is 5.91 Å². The molecule has 1 aromatic rings. The molecule has 0 bridgehead atoms. The van der Waals surface area contributed by atoms with Crippen molar-refractivity contribution in [3.05, 3.63) is 41.7 Å². The summed E-state index contributed by atoms with van der Waals surface area (Å²) < 4.78 is 2.20. The molecule has 2 rings (SSSR count). The molecule has 0 spiro atoms. The lowest BCUT2D eigenvalue weighted by atomic mass is 10.0. The third kappa shape index (κ3) is 14.7. The second-order valence-electron chi connectivity index (χ2n) is 11.0. The highest BCUT2D eigenvalue weighted by Gasteiger charge is 2.33. The maximum Gasteiger partial charge on any atom is 0.220 e. The highest BCUT2D eigenvalue weighted by atomic mass is 16.3. The molecule has 0 aliphatic heterocycles. The molecule has 0 saturated carbocycles. The fourth-order valence-corrected chi connectivity index (χ4v) is 5.19. The van der Waals surface area contributed by atoms with E-state index in [0.29, 0.717) is 6.42 Å². The van der Waals surface area contributed by atoms with Crippen LogP contribution in [0.4, 0.5) is 0 Å². The third-order valence-corrected chi connectivity index (χ3v) is 7.69. The van der Waals surface area contributed by atoms with Gasteiger partial charge in [-0.15, -0.1) is 0 Å². The second kappa shape index (κ2) is 20.3. The third-order valence-electron chi connectivity index (χ3n) is 7.69. The topological polar surface area (TPSA) is 73.4 Å². The first kappa shape index (κ1) is 31.5. The van der Waals surface area contributed by atoms with Crippen LogP contribution < -0.4 is 9.88 Å². The Morgan fingerprint density at radius 1 is 0.838 bits per heavy atom.